The Labute approximate surface area is 81.4 Å². The molecule has 0 saturated heterocycles. The molecule has 0 spiro atoms. The number of carboxylic acid groups (broad SMARTS) is 1. The zero-order valence-corrected chi connectivity index (χ0v) is 7.66. The van der Waals surface area contributed by atoms with Crippen LogP contribution in [0.25, 0.3) is 0 Å². The van der Waals surface area contributed by atoms with E-state index < -0.39 is 11.4 Å². The molecular weight excluding hydrogens is 183 g/mol. The summed E-state index contributed by atoms with van der Waals surface area (Å²) in [5.41, 5.74) is 0.337. The Morgan fingerprint density at radius 3 is 2.36 bits per heavy atom. The van der Waals surface area contributed by atoms with Crippen LogP contribution < -0.4 is 0 Å². The summed E-state index contributed by atoms with van der Waals surface area (Å²) in [5, 5.41) is 8.95. The third kappa shape index (κ3) is 1.62. The molecule has 1 aromatic carbocycles. The number of hydrogen-bond acceptors (Lipinski definition) is 1. The van der Waals surface area contributed by atoms with Crippen molar-refractivity contribution < 1.29 is 14.3 Å². The Morgan fingerprint density at radius 2 is 1.93 bits per heavy atom. The van der Waals surface area contributed by atoms with Gasteiger partial charge in [0.25, 0.3) is 0 Å². The molecule has 1 aromatic rings. The number of benzene rings is 1. The van der Waals surface area contributed by atoms with Gasteiger partial charge in [-0.15, -0.1) is 0 Å². The summed E-state index contributed by atoms with van der Waals surface area (Å²) in [7, 11) is 0. The van der Waals surface area contributed by atoms with E-state index in [0.29, 0.717) is 6.42 Å². The summed E-state index contributed by atoms with van der Waals surface area (Å²) in [6, 6.07) is 6.04. The molecule has 0 amide bonds. The largest absolute Gasteiger partial charge is 0.481 e. The van der Waals surface area contributed by atoms with Crippen molar-refractivity contribution in [3.05, 3.63) is 35.6 Å². The summed E-state index contributed by atoms with van der Waals surface area (Å²) in [6.07, 6.45) is 1.99. The maximum absolute atomic E-state index is 12.6. The van der Waals surface area contributed by atoms with Crippen LogP contribution in [0.1, 0.15) is 18.4 Å². The minimum absolute atomic E-state index is 0.283. The van der Waals surface area contributed by atoms with Crippen molar-refractivity contribution in [1.29, 1.82) is 0 Å². The van der Waals surface area contributed by atoms with Crippen molar-refractivity contribution in [1.82, 2.24) is 0 Å². The molecule has 1 aliphatic rings. The van der Waals surface area contributed by atoms with Gasteiger partial charge in [0, 0.05) is 0 Å². The van der Waals surface area contributed by atoms with Crippen LogP contribution in [0.5, 0.6) is 0 Å². The van der Waals surface area contributed by atoms with Crippen molar-refractivity contribution in [2.75, 3.05) is 0 Å². The van der Waals surface area contributed by atoms with Crippen LogP contribution in [-0.4, -0.2) is 11.1 Å². The van der Waals surface area contributed by atoms with E-state index in [4.69, 9.17) is 5.11 Å². The highest BCUT2D eigenvalue weighted by Gasteiger charge is 2.49. The van der Waals surface area contributed by atoms with Gasteiger partial charge in [-0.3, -0.25) is 4.79 Å². The molecule has 0 radical (unpaired) electrons. The Kier molecular flexibility index (Phi) is 2.02. The molecule has 1 N–H and O–H groups in total. The lowest BCUT2D eigenvalue weighted by molar-refractivity contribution is -0.143. The molecule has 0 unspecified atom stereocenters. The van der Waals surface area contributed by atoms with Gasteiger partial charge >= 0.3 is 5.97 Å². The van der Waals surface area contributed by atoms with Crippen LogP contribution in [0.4, 0.5) is 4.39 Å². The van der Waals surface area contributed by atoms with Crippen molar-refractivity contribution >= 4 is 5.97 Å². The second kappa shape index (κ2) is 3.08. The minimum Gasteiger partial charge on any atom is -0.481 e. The first-order valence-corrected chi connectivity index (χ1v) is 4.60. The average molecular weight is 194 g/mol. The Balaban J connectivity index is 2.11. The topological polar surface area (TPSA) is 37.3 Å². The van der Waals surface area contributed by atoms with E-state index in [2.05, 4.69) is 0 Å². The van der Waals surface area contributed by atoms with Crippen LogP contribution in [-0.2, 0) is 11.2 Å². The van der Waals surface area contributed by atoms with Crippen LogP contribution in [0.15, 0.2) is 24.3 Å². The third-order valence-corrected chi connectivity index (χ3v) is 2.76. The minimum atomic E-state index is -0.734. The number of rotatable bonds is 3. The lowest BCUT2D eigenvalue weighted by Crippen LogP contribution is -2.17. The van der Waals surface area contributed by atoms with E-state index in [0.717, 1.165) is 18.4 Å². The fraction of sp³-hybridized carbons (Fsp3) is 0.364. The summed E-state index contributed by atoms with van der Waals surface area (Å²) in [4.78, 5) is 10.9. The number of aliphatic carboxylic acids is 1. The number of halogens is 1. The van der Waals surface area contributed by atoms with E-state index in [1.807, 2.05) is 0 Å². The molecule has 14 heavy (non-hydrogen) atoms. The SMILES string of the molecule is O=C(O)C1(Cc2ccc(F)cc2)CC1. The van der Waals surface area contributed by atoms with Crippen molar-refractivity contribution in [3.8, 4) is 0 Å². The van der Waals surface area contributed by atoms with Crippen molar-refractivity contribution in [2.24, 2.45) is 5.41 Å². The molecule has 0 aliphatic heterocycles. The number of carboxylic acids is 1. The molecule has 0 atom stereocenters. The van der Waals surface area contributed by atoms with Gasteiger partial charge in [0.15, 0.2) is 0 Å². The van der Waals surface area contributed by atoms with E-state index in [1.165, 1.54) is 12.1 Å². The zero-order valence-electron chi connectivity index (χ0n) is 7.66. The van der Waals surface area contributed by atoms with Crippen LogP contribution in [0, 0.1) is 11.2 Å². The van der Waals surface area contributed by atoms with E-state index in [9.17, 15) is 9.18 Å². The van der Waals surface area contributed by atoms with Crippen LogP contribution >= 0.6 is 0 Å². The monoisotopic (exact) mass is 194 g/mol. The summed E-state index contributed by atoms with van der Waals surface area (Å²) < 4.78 is 12.6. The third-order valence-electron chi connectivity index (χ3n) is 2.76. The second-order valence-corrected chi connectivity index (χ2v) is 3.89. The molecule has 3 heteroatoms. The predicted molar refractivity (Wildman–Crippen MR) is 49.4 cm³/mol. The summed E-state index contributed by atoms with van der Waals surface area (Å²) >= 11 is 0. The molecular formula is C11H11FO2. The van der Waals surface area contributed by atoms with Gasteiger partial charge in [0.05, 0.1) is 5.41 Å². The predicted octanol–water partition coefficient (Wildman–Crippen LogP) is 2.23. The first kappa shape index (κ1) is 9.19. The molecule has 1 fully saturated rings. The quantitative estimate of drug-likeness (QED) is 0.801. The van der Waals surface area contributed by atoms with Gasteiger partial charge in [0.2, 0.25) is 0 Å². The fourth-order valence-electron chi connectivity index (χ4n) is 1.61. The van der Waals surface area contributed by atoms with Gasteiger partial charge in [-0.25, -0.2) is 4.39 Å². The molecule has 0 bridgehead atoms. The molecule has 1 saturated carbocycles. The second-order valence-electron chi connectivity index (χ2n) is 3.89. The van der Waals surface area contributed by atoms with Gasteiger partial charge < -0.3 is 5.11 Å². The molecule has 0 aromatic heterocycles. The van der Waals surface area contributed by atoms with Crippen molar-refractivity contribution in [3.63, 3.8) is 0 Å². The van der Waals surface area contributed by atoms with Gasteiger partial charge in [-0.2, -0.15) is 0 Å². The summed E-state index contributed by atoms with van der Waals surface area (Å²) in [5.74, 6) is -1.02. The smallest absolute Gasteiger partial charge is 0.309 e. The van der Waals surface area contributed by atoms with E-state index in [1.54, 1.807) is 12.1 Å². The Morgan fingerprint density at radius 1 is 1.36 bits per heavy atom. The summed E-state index contributed by atoms with van der Waals surface area (Å²) in [6.45, 7) is 0. The normalized spacial score (nSPS) is 17.8. The van der Waals surface area contributed by atoms with Gasteiger partial charge in [-0.05, 0) is 37.0 Å². The first-order valence-electron chi connectivity index (χ1n) is 4.60. The molecule has 74 valence electrons. The lowest BCUT2D eigenvalue weighted by atomic mass is 9.97. The highest BCUT2D eigenvalue weighted by molar-refractivity contribution is 5.78. The van der Waals surface area contributed by atoms with Crippen molar-refractivity contribution in [2.45, 2.75) is 19.3 Å². The van der Waals surface area contributed by atoms with E-state index in [-0.39, 0.29) is 5.82 Å². The Hall–Kier alpha value is -1.38. The molecule has 2 rings (SSSR count). The molecule has 2 nitrogen and oxygen atoms in total. The highest BCUT2D eigenvalue weighted by atomic mass is 19.1. The van der Waals surface area contributed by atoms with Crippen LogP contribution in [0.2, 0.25) is 0 Å². The maximum atomic E-state index is 12.6. The number of carbonyl (C=O) groups is 1. The first-order chi connectivity index (χ1) is 6.62. The average Bonchev–Trinajstić information content (AvgIpc) is 2.90. The van der Waals surface area contributed by atoms with Gasteiger partial charge in [-0.1, -0.05) is 12.1 Å². The van der Waals surface area contributed by atoms with Gasteiger partial charge in [0.1, 0.15) is 5.82 Å². The van der Waals surface area contributed by atoms with E-state index >= 15 is 0 Å². The maximum Gasteiger partial charge on any atom is 0.309 e. The Bertz CT molecular complexity index is 352. The standard InChI is InChI=1S/C11H11FO2/c12-9-3-1-8(2-4-9)7-11(5-6-11)10(13)14/h1-4H,5-7H2,(H,13,14). The fourth-order valence-corrected chi connectivity index (χ4v) is 1.61. The molecule has 0 heterocycles. The molecule has 1 aliphatic carbocycles. The highest BCUT2D eigenvalue weighted by Crippen LogP contribution is 2.48. The van der Waals surface area contributed by atoms with Crippen LogP contribution in [0.3, 0.4) is 0 Å². The zero-order chi connectivity index (χ0) is 10.2. The number of hydrogen-bond donors (Lipinski definition) is 1. The lowest BCUT2D eigenvalue weighted by Gasteiger charge is -2.08.